The van der Waals surface area contributed by atoms with E-state index in [0.29, 0.717) is 12.2 Å². The summed E-state index contributed by atoms with van der Waals surface area (Å²) in [6.45, 7) is 3.65. The summed E-state index contributed by atoms with van der Waals surface area (Å²) in [5, 5.41) is 22.3. The van der Waals surface area contributed by atoms with Crippen LogP contribution in [0, 0.1) is 10.1 Å². The molecule has 0 amide bonds. The Morgan fingerprint density at radius 2 is 2.32 bits per heavy atom. The Bertz CT molecular complexity index is 567. The molecule has 2 aromatic rings. The van der Waals surface area contributed by atoms with Crippen molar-refractivity contribution >= 4 is 5.69 Å². The zero-order chi connectivity index (χ0) is 13.7. The van der Waals surface area contributed by atoms with Crippen LogP contribution in [-0.4, -0.2) is 26.5 Å². The highest BCUT2D eigenvalue weighted by Crippen LogP contribution is 2.15. The molecule has 7 heteroatoms. The van der Waals surface area contributed by atoms with E-state index in [1.165, 1.54) is 16.9 Å². The topological polar surface area (TPSA) is 85.9 Å². The van der Waals surface area contributed by atoms with Gasteiger partial charge in [-0.25, -0.2) is 0 Å². The number of non-ortho nitro benzene ring substituents is 1. The molecule has 0 spiro atoms. The van der Waals surface area contributed by atoms with Gasteiger partial charge in [-0.1, -0.05) is 13.0 Å². The molecule has 0 radical (unpaired) electrons. The minimum Gasteiger partial charge on any atom is -0.311 e. The van der Waals surface area contributed by atoms with Gasteiger partial charge in [0.05, 0.1) is 22.5 Å². The lowest BCUT2D eigenvalue weighted by atomic mass is 10.3. The molecular formula is C12H15N5O2. The van der Waals surface area contributed by atoms with Gasteiger partial charge in [-0.2, -0.15) is 15.0 Å². The smallest absolute Gasteiger partial charge is 0.271 e. The number of benzene rings is 1. The summed E-state index contributed by atoms with van der Waals surface area (Å²) in [7, 11) is 0. The molecule has 1 heterocycles. The fourth-order valence-corrected chi connectivity index (χ4v) is 1.62. The minimum atomic E-state index is -0.434. The lowest BCUT2D eigenvalue weighted by Crippen LogP contribution is -2.14. The van der Waals surface area contributed by atoms with Crippen LogP contribution in [0.4, 0.5) is 5.69 Å². The lowest BCUT2D eigenvalue weighted by molar-refractivity contribution is -0.384. The van der Waals surface area contributed by atoms with Crippen molar-refractivity contribution in [3.63, 3.8) is 0 Å². The molecule has 0 saturated carbocycles. The predicted molar refractivity (Wildman–Crippen MR) is 70.0 cm³/mol. The number of nitro benzene ring substituents is 1. The van der Waals surface area contributed by atoms with Gasteiger partial charge in [-0.3, -0.25) is 10.1 Å². The number of nitrogens with one attached hydrogen (secondary N) is 1. The first-order valence-electron chi connectivity index (χ1n) is 6.07. The molecule has 0 fully saturated rings. The third-order valence-electron chi connectivity index (χ3n) is 2.54. The van der Waals surface area contributed by atoms with Crippen LogP contribution >= 0.6 is 0 Å². The van der Waals surface area contributed by atoms with Crippen molar-refractivity contribution in [3.05, 3.63) is 46.3 Å². The second-order valence-corrected chi connectivity index (χ2v) is 4.08. The van der Waals surface area contributed by atoms with Crippen LogP contribution in [0.1, 0.15) is 19.0 Å². The summed E-state index contributed by atoms with van der Waals surface area (Å²) < 4.78 is 0. The van der Waals surface area contributed by atoms with E-state index in [1.54, 1.807) is 18.3 Å². The molecular weight excluding hydrogens is 246 g/mol. The largest absolute Gasteiger partial charge is 0.311 e. The summed E-state index contributed by atoms with van der Waals surface area (Å²) in [5.41, 5.74) is 1.41. The molecule has 0 aliphatic carbocycles. The monoisotopic (exact) mass is 261 g/mol. The summed E-state index contributed by atoms with van der Waals surface area (Å²) in [6.07, 6.45) is 2.71. The number of hydrogen-bond acceptors (Lipinski definition) is 5. The maximum absolute atomic E-state index is 10.7. The van der Waals surface area contributed by atoms with E-state index in [9.17, 15) is 10.1 Å². The van der Waals surface area contributed by atoms with Crippen molar-refractivity contribution in [2.75, 3.05) is 6.54 Å². The molecule has 0 atom stereocenters. The predicted octanol–water partition coefficient (Wildman–Crippen LogP) is 1.68. The van der Waals surface area contributed by atoms with Crippen molar-refractivity contribution in [2.24, 2.45) is 0 Å². The van der Waals surface area contributed by atoms with Gasteiger partial charge in [0, 0.05) is 18.7 Å². The van der Waals surface area contributed by atoms with Crippen LogP contribution in [0.2, 0.25) is 0 Å². The van der Waals surface area contributed by atoms with E-state index in [4.69, 9.17) is 0 Å². The quantitative estimate of drug-likeness (QED) is 0.485. The number of nitro groups is 1. The summed E-state index contributed by atoms with van der Waals surface area (Å²) in [5.74, 6) is 0. The lowest BCUT2D eigenvalue weighted by Gasteiger charge is -2.00. The van der Waals surface area contributed by atoms with Crippen LogP contribution in [0.5, 0.6) is 0 Å². The molecule has 1 N–H and O–H groups in total. The van der Waals surface area contributed by atoms with E-state index >= 15 is 0 Å². The van der Waals surface area contributed by atoms with Crippen LogP contribution < -0.4 is 5.32 Å². The molecule has 1 aromatic heterocycles. The van der Waals surface area contributed by atoms with Gasteiger partial charge < -0.3 is 5.32 Å². The Kier molecular flexibility index (Phi) is 4.19. The number of nitrogens with zero attached hydrogens (tertiary/aromatic N) is 4. The second kappa shape index (κ2) is 6.05. The van der Waals surface area contributed by atoms with E-state index in [-0.39, 0.29) is 5.69 Å². The third kappa shape index (κ3) is 3.35. The standard InChI is InChI=1S/C12H15N5O2/c1-2-6-13-8-10-9-14-16(15-10)11-4-3-5-12(7-11)17(18)19/h3-5,7,9,13H,2,6,8H2,1H3. The Hall–Kier alpha value is -2.28. The van der Waals surface area contributed by atoms with E-state index < -0.39 is 4.92 Å². The number of rotatable bonds is 6. The van der Waals surface area contributed by atoms with Crippen LogP contribution in [0.25, 0.3) is 5.69 Å². The molecule has 100 valence electrons. The minimum absolute atomic E-state index is 0.0282. The normalized spacial score (nSPS) is 10.6. The Balaban J connectivity index is 2.13. The number of aromatic nitrogens is 3. The Morgan fingerprint density at radius 1 is 1.47 bits per heavy atom. The molecule has 19 heavy (non-hydrogen) atoms. The maximum atomic E-state index is 10.7. The molecule has 0 bridgehead atoms. The first-order chi connectivity index (χ1) is 9.20. The Morgan fingerprint density at radius 3 is 3.05 bits per heavy atom. The highest BCUT2D eigenvalue weighted by atomic mass is 16.6. The molecule has 0 aliphatic rings. The molecule has 0 saturated heterocycles. The Labute approximate surface area is 110 Å². The van der Waals surface area contributed by atoms with Crippen molar-refractivity contribution < 1.29 is 4.92 Å². The molecule has 2 rings (SSSR count). The van der Waals surface area contributed by atoms with Crippen LogP contribution in [-0.2, 0) is 6.54 Å². The van der Waals surface area contributed by atoms with Gasteiger partial charge in [-0.05, 0) is 19.0 Å². The van der Waals surface area contributed by atoms with Gasteiger partial charge >= 0.3 is 0 Å². The summed E-state index contributed by atoms with van der Waals surface area (Å²) >= 11 is 0. The molecule has 7 nitrogen and oxygen atoms in total. The SMILES string of the molecule is CCCNCc1cnn(-c2cccc([N+](=O)[O-])c2)n1. The van der Waals surface area contributed by atoms with Gasteiger partial charge in [0.15, 0.2) is 0 Å². The molecule has 1 aromatic carbocycles. The first-order valence-corrected chi connectivity index (χ1v) is 6.07. The maximum Gasteiger partial charge on any atom is 0.271 e. The zero-order valence-corrected chi connectivity index (χ0v) is 10.6. The van der Waals surface area contributed by atoms with Crippen molar-refractivity contribution in [3.8, 4) is 5.69 Å². The van der Waals surface area contributed by atoms with Gasteiger partial charge in [0.1, 0.15) is 0 Å². The third-order valence-corrected chi connectivity index (χ3v) is 2.54. The fraction of sp³-hybridized carbons (Fsp3) is 0.333. The van der Waals surface area contributed by atoms with Gasteiger partial charge in [0.2, 0.25) is 0 Å². The van der Waals surface area contributed by atoms with E-state index in [2.05, 4.69) is 22.4 Å². The second-order valence-electron chi connectivity index (χ2n) is 4.08. The van der Waals surface area contributed by atoms with E-state index in [0.717, 1.165) is 18.7 Å². The van der Waals surface area contributed by atoms with E-state index in [1.807, 2.05) is 0 Å². The highest BCUT2D eigenvalue weighted by Gasteiger charge is 2.08. The summed E-state index contributed by atoms with van der Waals surface area (Å²) in [4.78, 5) is 11.7. The van der Waals surface area contributed by atoms with Crippen molar-refractivity contribution in [1.82, 2.24) is 20.3 Å². The van der Waals surface area contributed by atoms with Crippen LogP contribution in [0.15, 0.2) is 30.5 Å². The average molecular weight is 261 g/mol. The highest BCUT2D eigenvalue weighted by molar-refractivity contribution is 5.41. The molecule has 0 unspecified atom stereocenters. The summed E-state index contributed by atoms with van der Waals surface area (Å²) in [6, 6.07) is 6.24. The zero-order valence-electron chi connectivity index (χ0n) is 10.6. The van der Waals surface area contributed by atoms with Crippen molar-refractivity contribution in [1.29, 1.82) is 0 Å². The van der Waals surface area contributed by atoms with Crippen molar-refractivity contribution in [2.45, 2.75) is 19.9 Å². The van der Waals surface area contributed by atoms with Gasteiger partial charge in [0.25, 0.3) is 5.69 Å². The van der Waals surface area contributed by atoms with Gasteiger partial charge in [-0.15, -0.1) is 0 Å². The van der Waals surface area contributed by atoms with Crippen LogP contribution in [0.3, 0.4) is 0 Å². The first kappa shape index (κ1) is 13.2. The fourth-order valence-electron chi connectivity index (χ4n) is 1.62. The number of hydrogen-bond donors (Lipinski definition) is 1. The molecule has 0 aliphatic heterocycles. The average Bonchev–Trinajstić information content (AvgIpc) is 2.88.